The van der Waals surface area contributed by atoms with E-state index in [4.69, 9.17) is 0 Å². The van der Waals surface area contributed by atoms with E-state index >= 15 is 0 Å². The van der Waals surface area contributed by atoms with Crippen LogP contribution in [-0.4, -0.2) is 80.4 Å². The number of piperazine rings is 1. The molecule has 1 aliphatic heterocycles. The van der Waals surface area contributed by atoms with Crippen molar-refractivity contribution in [3.8, 4) is 0 Å². The van der Waals surface area contributed by atoms with Gasteiger partial charge in [-0.25, -0.2) is 18.4 Å². The number of anilines is 2. The zero-order chi connectivity index (χ0) is 24.8. The van der Waals surface area contributed by atoms with Crippen molar-refractivity contribution in [2.45, 2.75) is 17.4 Å². The minimum atomic E-state index is -3.74. The lowest BCUT2D eigenvalue weighted by atomic mass is 10.0. The van der Waals surface area contributed by atoms with Crippen molar-refractivity contribution in [2.75, 3.05) is 49.9 Å². The van der Waals surface area contributed by atoms with Gasteiger partial charge in [0.05, 0.1) is 10.9 Å². The van der Waals surface area contributed by atoms with Crippen LogP contribution in [0.15, 0.2) is 78.1 Å². The molecule has 9 nitrogen and oxygen atoms in total. The number of carbonyl (C=O) groups excluding carboxylic acids is 1. The number of sulfonamides is 1. The standard InChI is InChI=1S/C25H30N6O3S.H2/c1-29(2)23(18-20-6-4-3-5-7-20)25(32)31-16-14-30(15-17-31)21-8-10-22(11-9-21)35(33,34)28-24-12-13-26-19-27-24;/h3-13,19,23H,14-18H2,1-2H3,(H,26,27,28);1H/t23-;/m1./s1. The predicted molar refractivity (Wildman–Crippen MR) is 138 cm³/mol. The Balaban J connectivity index is 0.00000361. The van der Waals surface area contributed by atoms with Crippen molar-refractivity contribution in [1.29, 1.82) is 0 Å². The zero-order valence-electron chi connectivity index (χ0n) is 19.9. The second-order valence-corrected chi connectivity index (χ2v) is 10.4. The number of amides is 1. The minimum absolute atomic E-state index is 0. The van der Waals surface area contributed by atoms with Crippen LogP contribution in [-0.2, 0) is 21.2 Å². The monoisotopic (exact) mass is 496 g/mol. The van der Waals surface area contributed by atoms with Crippen LogP contribution in [0.3, 0.4) is 0 Å². The molecule has 10 heteroatoms. The van der Waals surface area contributed by atoms with Crippen molar-refractivity contribution in [1.82, 2.24) is 19.8 Å². The van der Waals surface area contributed by atoms with Crippen LogP contribution in [0.1, 0.15) is 6.99 Å². The van der Waals surface area contributed by atoms with Crippen LogP contribution in [0.2, 0.25) is 0 Å². The Hall–Kier alpha value is -3.50. The van der Waals surface area contributed by atoms with Gasteiger partial charge in [-0.1, -0.05) is 30.3 Å². The maximum absolute atomic E-state index is 13.3. The van der Waals surface area contributed by atoms with Crippen molar-refractivity contribution in [3.63, 3.8) is 0 Å². The molecular weight excluding hydrogens is 464 g/mol. The molecule has 0 unspecified atom stereocenters. The highest BCUT2D eigenvalue weighted by Gasteiger charge is 2.29. The van der Waals surface area contributed by atoms with Gasteiger partial charge in [0.15, 0.2) is 0 Å². The van der Waals surface area contributed by atoms with Gasteiger partial charge in [0.2, 0.25) is 5.91 Å². The molecule has 1 aliphatic rings. The second kappa shape index (κ2) is 10.8. The highest BCUT2D eigenvalue weighted by atomic mass is 32.2. The topological polar surface area (TPSA) is 98.7 Å². The van der Waals surface area contributed by atoms with Gasteiger partial charge in [-0.2, -0.15) is 0 Å². The number of aromatic nitrogens is 2. The van der Waals surface area contributed by atoms with Gasteiger partial charge in [0.1, 0.15) is 12.1 Å². The van der Waals surface area contributed by atoms with Gasteiger partial charge in [-0.05, 0) is 56.4 Å². The lowest BCUT2D eigenvalue weighted by Crippen LogP contribution is -2.54. The third-order valence-corrected chi connectivity index (χ3v) is 7.48. The molecule has 0 saturated carbocycles. The highest BCUT2D eigenvalue weighted by Crippen LogP contribution is 2.21. The summed E-state index contributed by atoms with van der Waals surface area (Å²) in [5, 5.41) is 0. The Morgan fingerprint density at radius 1 is 1.03 bits per heavy atom. The number of hydrogen-bond acceptors (Lipinski definition) is 7. The molecule has 35 heavy (non-hydrogen) atoms. The molecule has 186 valence electrons. The fourth-order valence-corrected chi connectivity index (χ4v) is 5.12. The molecule has 0 aliphatic carbocycles. The molecule has 0 spiro atoms. The van der Waals surface area contributed by atoms with Crippen LogP contribution in [0.4, 0.5) is 11.5 Å². The number of nitrogens with one attached hydrogen (secondary N) is 1. The molecule has 1 amide bonds. The third kappa shape index (κ3) is 6.14. The summed E-state index contributed by atoms with van der Waals surface area (Å²) in [6, 6.07) is 18.1. The van der Waals surface area contributed by atoms with Gasteiger partial charge < -0.3 is 9.80 Å². The second-order valence-electron chi connectivity index (χ2n) is 8.68. The summed E-state index contributed by atoms with van der Waals surface area (Å²) in [7, 11) is 0.142. The minimum Gasteiger partial charge on any atom is -0.368 e. The number of hydrogen-bond donors (Lipinski definition) is 1. The van der Waals surface area contributed by atoms with E-state index in [-0.39, 0.29) is 24.1 Å². The number of benzene rings is 2. The summed E-state index contributed by atoms with van der Waals surface area (Å²) in [4.78, 5) is 27.2. The van der Waals surface area contributed by atoms with Gasteiger partial charge in [-0.15, -0.1) is 0 Å². The average Bonchev–Trinajstić information content (AvgIpc) is 2.88. The molecule has 4 rings (SSSR count). The van der Waals surface area contributed by atoms with E-state index in [9.17, 15) is 13.2 Å². The predicted octanol–water partition coefficient (Wildman–Crippen LogP) is 2.34. The number of rotatable bonds is 8. The van der Waals surface area contributed by atoms with Gasteiger partial charge in [0, 0.05) is 39.5 Å². The van der Waals surface area contributed by atoms with Crippen LogP contribution >= 0.6 is 0 Å². The van der Waals surface area contributed by atoms with Crippen LogP contribution in [0.5, 0.6) is 0 Å². The lowest BCUT2D eigenvalue weighted by molar-refractivity contribution is -0.136. The summed E-state index contributed by atoms with van der Waals surface area (Å²) in [5.41, 5.74) is 2.06. The first kappa shape index (κ1) is 24.6. The summed E-state index contributed by atoms with van der Waals surface area (Å²) in [6.07, 6.45) is 3.43. The summed E-state index contributed by atoms with van der Waals surface area (Å²) < 4.78 is 27.7. The maximum Gasteiger partial charge on any atom is 0.263 e. The molecule has 1 fully saturated rings. The van der Waals surface area contributed by atoms with Gasteiger partial charge in [0.25, 0.3) is 10.0 Å². The molecule has 1 aromatic heterocycles. The van der Waals surface area contributed by atoms with E-state index in [1.54, 1.807) is 24.3 Å². The molecule has 2 heterocycles. The third-order valence-electron chi connectivity index (χ3n) is 6.10. The Labute approximate surface area is 207 Å². The first-order valence-electron chi connectivity index (χ1n) is 11.5. The Morgan fingerprint density at radius 3 is 2.31 bits per heavy atom. The van der Waals surface area contributed by atoms with E-state index < -0.39 is 10.0 Å². The van der Waals surface area contributed by atoms with Gasteiger partial charge in [-0.3, -0.25) is 14.4 Å². The van der Waals surface area contributed by atoms with Crippen LogP contribution in [0, 0.1) is 0 Å². The van der Waals surface area contributed by atoms with Crippen molar-refractivity contribution >= 4 is 27.4 Å². The zero-order valence-corrected chi connectivity index (χ0v) is 20.7. The van der Waals surface area contributed by atoms with Crippen molar-refractivity contribution in [2.24, 2.45) is 0 Å². The lowest BCUT2D eigenvalue weighted by Gasteiger charge is -2.38. The Bertz CT molecular complexity index is 1220. The molecule has 2 aromatic carbocycles. The largest absolute Gasteiger partial charge is 0.368 e. The molecule has 1 N–H and O–H groups in total. The number of carbonyl (C=O) groups is 1. The fraction of sp³-hybridized carbons (Fsp3) is 0.320. The average molecular weight is 497 g/mol. The Kier molecular flexibility index (Phi) is 7.62. The smallest absolute Gasteiger partial charge is 0.263 e. The SMILES string of the molecule is CN(C)[C@H](Cc1ccccc1)C(=O)N1CCN(c2ccc(S(=O)(=O)Nc3ccncn3)cc2)CC1.[HH]. The van der Waals surface area contributed by atoms with Crippen LogP contribution in [0.25, 0.3) is 0 Å². The quantitative estimate of drug-likeness (QED) is 0.511. The van der Waals surface area contributed by atoms with Crippen LogP contribution < -0.4 is 9.62 Å². The van der Waals surface area contributed by atoms with E-state index in [2.05, 4.69) is 31.7 Å². The van der Waals surface area contributed by atoms with E-state index in [0.29, 0.717) is 32.6 Å². The fourth-order valence-electron chi connectivity index (χ4n) is 4.11. The summed E-state index contributed by atoms with van der Waals surface area (Å²) in [6.45, 7) is 2.60. The normalized spacial score (nSPS) is 15.2. The Morgan fingerprint density at radius 2 is 1.71 bits per heavy atom. The summed E-state index contributed by atoms with van der Waals surface area (Å²) in [5.74, 6) is 0.351. The first-order valence-corrected chi connectivity index (χ1v) is 12.9. The maximum atomic E-state index is 13.3. The molecule has 1 saturated heterocycles. The van der Waals surface area contributed by atoms with Crippen molar-refractivity contribution < 1.29 is 14.6 Å². The number of nitrogens with zero attached hydrogens (tertiary/aromatic N) is 5. The molecule has 0 bridgehead atoms. The van der Waals surface area contributed by atoms with Crippen molar-refractivity contribution in [3.05, 3.63) is 78.8 Å². The molecule has 1 atom stereocenters. The van der Waals surface area contributed by atoms with E-state index in [0.717, 1.165) is 11.3 Å². The number of likely N-dealkylation sites (N-methyl/N-ethyl adjacent to an activating group) is 1. The molecular formula is C25H32N6O3S. The molecule has 3 aromatic rings. The highest BCUT2D eigenvalue weighted by molar-refractivity contribution is 7.92. The first-order chi connectivity index (χ1) is 16.8. The molecule has 0 radical (unpaired) electrons. The summed E-state index contributed by atoms with van der Waals surface area (Å²) >= 11 is 0. The van der Waals surface area contributed by atoms with E-state index in [1.807, 2.05) is 42.1 Å². The van der Waals surface area contributed by atoms with E-state index in [1.165, 1.54) is 18.6 Å². The van der Waals surface area contributed by atoms with Gasteiger partial charge >= 0.3 is 0 Å².